The van der Waals surface area contributed by atoms with Gasteiger partial charge in [0.2, 0.25) is 0 Å². The average Bonchev–Trinajstić information content (AvgIpc) is 2.94. The molecule has 0 atom stereocenters. The fourth-order valence-electron chi connectivity index (χ4n) is 2.37. The number of hydrogen-bond donors (Lipinski definition) is 2. The first-order chi connectivity index (χ1) is 11.2. The van der Waals surface area contributed by atoms with Crippen LogP contribution in [-0.2, 0) is 7.05 Å². The van der Waals surface area contributed by atoms with E-state index in [0.29, 0.717) is 11.2 Å². The zero-order valence-electron chi connectivity index (χ0n) is 12.7. The number of aliphatic hydroxyl groups is 1. The van der Waals surface area contributed by atoms with Crippen molar-refractivity contribution in [3.8, 4) is 0 Å². The lowest BCUT2D eigenvalue weighted by Crippen LogP contribution is -2.37. The smallest absolute Gasteiger partial charge is 0.326 e. The molecule has 0 radical (unpaired) electrons. The summed E-state index contributed by atoms with van der Waals surface area (Å²) in [6.07, 6.45) is 0. The van der Waals surface area contributed by atoms with Crippen molar-refractivity contribution in [2.45, 2.75) is 0 Å². The van der Waals surface area contributed by atoms with Crippen LogP contribution in [0.4, 0.5) is 16.2 Å². The number of aryl methyl sites for hydroxylation is 1. The molecule has 0 aliphatic heterocycles. The molecule has 3 rings (SSSR count). The Labute approximate surface area is 133 Å². The molecule has 1 heterocycles. The van der Waals surface area contributed by atoms with Crippen LogP contribution >= 0.6 is 0 Å². The van der Waals surface area contributed by atoms with Gasteiger partial charge in [0.15, 0.2) is 0 Å². The fourth-order valence-corrected chi connectivity index (χ4v) is 2.37. The van der Waals surface area contributed by atoms with Crippen LogP contribution in [0, 0.1) is 0 Å². The van der Waals surface area contributed by atoms with Crippen LogP contribution in [0.5, 0.6) is 0 Å². The molecule has 2 N–H and O–H groups in total. The number of benzene rings is 2. The first kappa shape index (κ1) is 15.0. The Kier molecular flexibility index (Phi) is 4.20. The highest BCUT2D eigenvalue weighted by Crippen LogP contribution is 2.19. The monoisotopic (exact) mass is 311 g/mol. The quantitative estimate of drug-likeness (QED) is 0.772. The summed E-state index contributed by atoms with van der Waals surface area (Å²) in [7, 11) is 1.81. The van der Waals surface area contributed by atoms with Gasteiger partial charge >= 0.3 is 6.03 Å². The van der Waals surface area contributed by atoms with Gasteiger partial charge in [-0.2, -0.15) is 0 Å². The van der Waals surface area contributed by atoms with Gasteiger partial charge in [0, 0.05) is 18.4 Å². The first-order valence-electron chi connectivity index (χ1n) is 7.23. The molecule has 2 aromatic carbocycles. The van der Waals surface area contributed by atoms with Crippen molar-refractivity contribution in [2.24, 2.45) is 7.05 Å². The number of hydrogen-bond acceptors (Lipinski definition) is 4. The summed E-state index contributed by atoms with van der Waals surface area (Å²) in [5.74, 6) is 0. The molecule has 0 spiro atoms. The Hall–Kier alpha value is -2.93. The molecule has 1 aromatic heterocycles. The van der Waals surface area contributed by atoms with Crippen molar-refractivity contribution < 1.29 is 9.90 Å². The van der Waals surface area contributed by atoms with Gasteiger partial charge in [-0.05, 0) is 30.3 Å². The standard InChI is InChI=1S/C16H17N5O2/c1-20-15-8-7-12(11-14(15)18-19-20)17-16(23)21(9-10-22)13-5-3-2-4-6-13/h2-8,11,22H,9-10H2,1H3,(H,17,23). The summed E-state index contributed by atoms with van der Waals surface area (Å²) in [4.78, 5) is 14.0. The molecule has 3 aromatic rings. The highest BCUT2D eigenvalue weighted by molar-refractivity contribution is 6.02. The third-order valence-electron chi connectivity index (χ3n) is 3.50. The Bertz CT molecular complexity index is 816. The lowest BCUT2D eigenvalue weighted by atomic mass is 10.2. The van der Waals surface area contributed by atoms with E-state index in [9.17, 15) is 9.90 Å². The zero-order valence-corrected chi connectivity index (χ0v) is 12.7. The summed E-state index contributed by atoms with van der Waals surface area (Å²) < 4.78 is 1.67. The Morgan fingerprint density at radius 2 is 2.04 bits per heavy atom. The topological polar surface area (TPSA) is 83.3 Å². The number of rotatable bonds is 4. The second kappa shape index (κ2) is 6.45. The van der Waals surface area contributed by atoms with E-state index in [1.54, 1.807) is 16.8 Å². The maximum absolute atomic E-state index is 12.5. The maximum atomic E-state index is 12.5. The van der Waals surface area contributed by atoms with Crippen LogP contribution in [0.15, 0.2) is 48.5 Å². The first-order valence-corrected chi connectivity index (χ1v) is 7.23. The molecule has 0 saturated carbocycles. The zero-order chi connectivity index (χ0) is 16.2. The average molecular weight is 311 g/mol. The van der Waals surface area contributed by atoms with Crippen molar-refractivity contribution in [3.05, 3.63) is 48.5 Å². The predicted octanol–water partition coefficient (Wildman–Crippen LogP) is 2.00. The molecule has 0 bridgehead atoms. The summed E-state index contributed by atoms with van der Waals surface area (Å²) >= 11 is 0. The fraction of sp³-hybridized carbons (Fsp3) is 0.188. The normalized spacial score (nSPS) is 10.7. The molecular weight excluding hydrogens is 294 g/mol. The Morgan fingerprint density at radius 3 is 2.78 bits per heavy atom. The van der Waals surface area contributed by atoms with Gasteiger partial charge in [-0.3, -0.25) is 4.90 Å². The van der Waals surface area contributed by atoms with Crippen molar-refractivity contribution >= 4 is 28.4 Å². The van der Waals surface area contributed by atoms with Crippen LogP contribution in [0.3, 0.4) is 0 Å². The SMILES string of the molecule is Cn1nnc2cc(NC(=O)N(CCO)c3ccccc3)ccc21. The van der Waals surface area contributed by atoms with Gasteiger partial charge in [0.05, 0.1) is 18.7 Å². The highest BCUT2D eigenvalue weighted by Gasteiger charge is 2.15. The van der Waals surface area contributed by atoms with Crippen LogP contribution in [0.2, 0.25) is 0 Å². The van der Waals surface area contributed by atoms with Crippen molar-refractivity contribution in [3.63, 3.8) is 0 Å². The van der Waals surface area contributed by atoms with Gasteiger partial charge in [0.1, 0.15) is 5.52 Å². The van der Waals surface area contributed by atoms with Crippen molar-refractivity contribution in [1.82, 2.24) is 15.0 Å². The molecule has 7 nitrogen and oxygen atoms in total. The van der Waals surface area contributed by atoms with Crippen LogP contribution in [0.25, 0.3) is 11.0 Å². The van der Waals surface area contributed by atoms with E-state index in [2.05, 4.69) is 15.6 Å². The molecule has 7 heteroatoms. The largest absolute Gasteiger partial charge is 0.395 e. The molecule has 0 aliphatic carbocycles. The van der Waals surface area contributed by atoms with Crippen molar-refractivity contribution in [1.29, 1.82) is 0 Å². The minimum atomic E-state index is -0.312. The third kappa shape index (κ3) is 3.14. The second-order valence-electron chi connectivity index (χ2n) is 5.06. The number of nitrogens with one attached hydrogen (secondary N) is 1. The highest BCUT2D eigenvalue weighted by atomic mass is 16.3. The maximum Gasteiger partial charge on any atom is 0.326 e. The van der Waals surface area contributed by atoms with E-state index < -0.39 is 0 Å². The summed E-state index contributed by atoms with van der Waals surface area (Å²) in [6, 6.07) is 14.3. The molecule has 0 saturated heterocycles. The lowest BCUT2D eigenvalue weighted by Gasteiger charge is -2.22. The molecule has 118 valence electrons. The number of amides is 2. The Morgan fingerprint density at radius 1 is 1.26 bits per heavy atom. The van der Waals surface area contributed by atoms with Gasteiger partial charge in [-0.1, -0.05) is 23.4 Å². The second-order valence-corrected chi connectivity index (χ2v) is 5.06. The number of carbonyl (C=O) groups excluding carboxylic acids is 1. The minimum absolute atomic E-state index is 0.120. The summed E-state index contributed by atoms with van der Waals surface area (Å²) in [5.41, 5.74) is 2.94. The number of aliphatic hydroxyl groups excluding tert-OH is 1. The number of carbonyl (C=O) groups is 1. The minimum Gasteiger partial charge on any atom is -0.395 e. The van der Waals surface area contributed by atoms with Gasteiger partial charge < -0.3 is 10.4 Å². The summed E-state index contributed by atoms with van der Waals surface area (Å²) in [6.45, 7) is 0.0920. The number of fused-ring (bicyclic) bond motifs is 1. The molecule has 2 amide bonds. The van der Waals surface area contributed by atoms with Crippen LogP contribution < -0.4 is 10.2 Å². The Balaban J connectivity index is 1.82. The number of para-hydroxylation sites is 1. The van der Waals surface area contributed by atoms with E-state index in [1.807, 2.05) is 43.4 Å². The number of nitrogens with zero attached hydrogens (tertiary/aromatic N) is 4. The molecule has 0 aliphatic rings. The van der Waals surface area contributed by atoms with E-state index >= 15 is 0 Å². The number of urea groups is 1. The van der Waals surface area contributed by atoms with Crippen LogP contribution in [0.1, 0.15) is 0 Å². The lowest BCUT2D eigenvalue weighted by molar-refractivity contribution is 0.252. The van der Waals surface area contributed by atoms with Gasteiger partial charge in [-0.15, -0.1) is 5.10 Å². The molecule has 23 heavy (non-hydrogen) atoms. The van der Waals surface area contributed by atoms with Crippen molar-refractivity contribution in [2.75, 3.05) is 23.4 Å². The van der Waals surface area contributed by atoms with Gasteiger partial charge in [-0.25, -0.2) is 9.48 Å². The van der Waals surface area contributed by atoms with Gasteiger partial charge in [0.25, 0.3) is 0 Å². The molecular formula is C16H17N5O2. The summed E-state index contributed by atoms with van der Waals surface area (Å²) in [5, 5.41) is 20.0. The van der Waals surface area contributed by atoms with E-state index in [4.69, 9.17) is 0 Å². The van der Waals surface area contributed by atoms with E-state index in [-0.39, 0.29) is 19.2 Å². The van der Waals surface area contributed by atoms with E-state index in [0.717, 1.165) is 11.2 Å². The number of aromatic nitrogens is 3. The molecule has 0 fully saturated rings. The number of anilines is 2. The predicted molar refractivity (Wildman–Crippen MR) is 88.4 cm³/mol. The van der Waals surface area contributed by atoms with Crippen LogP contribution in [-0.4, -0.2) is 39.3 Å². The van der Waals surface area contributed by atoms with E-state index in [1.165, 1.54) is 4.90 Å². The third-order valence-corrected chi connectivity index (χ3v) is 3.50. The molecule has 0 unspecified atom stereocenters.